The van der Waals surface area contributed by atoms with Crippen molar-refractivity contribution in [3.8, 4) is 0 Å². The summed E-state index contributed by atoms with van der Waals surface area (Å²) in [6.45, 7) is 27.5. The largest absolute Gasteiger partial charge is 0.463 e. The molecule has 4 aromatic carbocycles. The summed E-state index contributed by atoms with van der Waals surface area (Å²) < 4.78 is 64.3. The molecule has 0 spiro atoms. The number of nitrogens with zero attached hydrogens (tertiary/aromatic N) is 2. The SMILES string of the molecule is CC(C)C(=O)OCC1O[C@H](O[C@]2(COC(=O)C(C)C)O[C@H](COC(=O)CCCCCN3/C(=C/C=C4C=C(/C=C/C5=[N+](C)c6ccc7ccccc7c6C5(C)C)CCC/4)C(C)(C)c4c3ccc3ccccc43)C[C@H]2OC(=O)C(C)C)C(OC(=O)C(C)C)[C@@H](OC(=O)C(C)C)[C@@H]1OC(=O)C(C)C. The van der Waals surface area contributed by atoms with Gasteiger partial charge in [0, 0.05) is 53.9 Å². The zero-order chi connectivity index (χ0) is 72.7. The molecule has 0 N–H and O–H groups in total. The molecule has 1 aliphatic carbocycles. The van der Waals surface area contributed by atoms with E-state index in [2.05, 4.69) is 147 Å². The van der Waals surface area contributed by atoms with Gasteiger partial charge in [-0.1, -0.05) is 176 Å². The second kappa shape index (κ2) is 32.3. The van der Waals surface area contributed by atoms with Gasteiger partial charge < -0.3 is 52.3 Å². The molecule has 8 atom stereocenters. The molecular formula is C81H105N2O17+. The van der Waals surface area contributed by atoms with Gasteiger partial charge in [0.05, 0.1) is 47.0 Å². The van der Waals surface area contributed by atoms with E-state index in [1.54, 1.807) is 83.1 Å². The Kier molecular flexibility index (Phi) is 24.6. The second-order valence-electron chi connectivity index (χ2n) is 30.1. The van der Waals surface area contributed by atoms with Crippen LogP contribution in [0.1, 0.15) is 173 Å². The maximum absolute atomic E-state index is 13.9. The molecule has 2 saturated heterocycles. The predicted molar refractivity (Wildman–Crippen MR) is 381 cm³/mol. The summed E-state index contributed by atoms with van der Waals surface area (Å²) in [5.74, 6) is -11.3. The minimum absolute atomic E-state index is 0.0776. The standard InChI is InChI=1S/C81H105N2O17/c1-47(2)72(85)92-45-62-69(96-75(88)50(7)8)70(97-76(89)51(9)10)71(98-77(90)52(11)12)78(94-62)100-81(46-93-73(86)48(3)4)65(95-74(87)49(5)6)43-57(99-81)44-91-66(84)32-19-18-24-41-83-61-38-36-56-29-21-23-31-59(56)68(61)80(15,16)64(83)40-34-54-27-25-26-53(42-54)33-39-63-79(13,14)67-58-30-22-20-28-55(58)35-37-60(67)82(63)17/h20-23,28-31,33-40,42,47-52,57,62,65,69-71,78H,18-19,24-27,32,41,43-46H2,1-17H3/q+1/t57-,62?,65+,69+,70-,71?,78+,81-/m0/s1. The fourth-order valence-corrected chi connectivity index (χ4v) is 13.7. The van der Waals surface area contributed by atoms with Gasteiger partial charge in [0.25, 0.3) is 0 Å². The zero-order valence-electron chi connectivity index (χ0n) is 61.6. The van der Waals surface area contributed by atoms with E-state index in [1.165, 1.54) is 60.9 Å². The first kappa shape index (κ1) is 76.2. The van der Waals surface area contributed by atoms with Crippen LogP contribution in [0.15, 0.2) is 120 Å². The van der Waals surface area contributed by atoms with E-state index in [9.17, 15) is 33.6 Å². The monoisotopic (exact) mass is 1380 g/mol. The van der Waals surface area contributed by atoms with Crippen molar-refractivity contribution >= 4 is 80.4 Å². The molecule has 2 unspecified atom stereocenters. The van der Waals surface area contributed by atoms with Crippen LogP contribution in [0.3, 0.4) is 0 Å². The van der Waals surface area contributed by atoms with Crippen molar-refractivity contribution in [3.05, 3.63) is 131 Å². The maximum Gasteiger partial charge on any atom is 0.308 e. The van der Waals surface area contributed by atoms with Crippen molar-refractivity contribution in [1.82, 2.24) is 0 Å². The van der Waals surface area contributed by atoms with E-state index in [0.29, 0.717) is 19.4 Å². The zero-order valence-corrected chi connectivity index (χ0v) is 61.6. The lowest BCUT2D eigenvalue weighted by molar-refractivity contribution is -0.401. The van der Waals surface area contributed by atoms with E-state index in [1.807, 2.05) is 0 Å². The molecule has 0 bridgehead atoms. The fourth-order valence-electron chi connectivity index (χ4n) is 13.7. The number of hydrogen-bond donors (Lipinski definition) is 0. The number of esters is 7. The Bertz CT molecular complexity index is 3860. The average molecular weight is 1380 g/mol. The molecule has 19 heteroatoms. The Morgan fingerprint density at radius 3 is 1.78 bits per heavy atom. The third-order valence-electron chi connectivity index (χ3n) is 19.4. The number of unbranched alkanes of at least 4 members (excludes halogenated alkanes) is 2. The van der Waals surface area contributed by atoms with Gasteiger partial charge >= 0.3 is 41.8 Å². The lowest BCUT2D eigenvalue weighted by Gasteiger charge is -2.47. The number of carbonyl (C=O) groups is 7. The summed E-state index contributed by atoms with van der Waals surface area (Å²) in [5, 5.41) is 4.94. The van der Waals surface area contributed by atoms with Crippen LogP contribution in [-0.4, -0.2) is 134 Å². The van der Waals surface area contributed by atoms with Crippen LogP contribution in [0.2, 0.25) is 0 Å². The molecule has 0 radical (unpaired) electrons. The highest BCUT2D eigenvalue weighted by Gasteiger charge is 2.61. The van der Waals surface area contributed by atoms with Gasteiger partial charge in [-0.25, -0.2) is 0 Å². The first-order chi connectivity index (χ1) is 47.3. The Morgan fingerprint density at radius 2 is 1.15 bits per heavy atom. The molecule has 4 heterocycles. The van der Waals surface area contributed by atoms with Crippen molar-refractivity contribution in [3.63, 3.8) is 0 Å². The van der Waals surface area contributed by atoms with Gasteiger partial charge in [-0.15, -0.1) is 0 Å². The summed E-state index contributed by atoms with van der Waals surface area (Å²) in [7, 11) is 2.18. The van der Waals surface area contributed by atoms with Gasteiger partial charge in [-0.05, 0) is 102 Å². The van der Waals surface area contributed by atoms with Crippen molar-refractivity contribution in [2.24, 2.45) is 35.5 Å². The van der Waals surface area contributed by atoms with Crippen molar-refractivity contribution in [2.45, 2.75) is 222 Å². The van der Waals surface area contributed by atoms with Gasteiger partial charge in [0.15, 0.2) is 30.1 Å². The topological polar surface area (TPSA) is 218 Å². The van der Waals surface area contributed by atoms with Crippen LogP contribution >= 0.6 is 0 Å². The third-order valence-corrected chi connectivity index (χ3v) is 19.4. The van der Waals surface area contributed by atoms with E-state index in [0.717, 1.165) is 31.4 Å². The Morgan fingerprint density at radius 1 is 0.580 bits per heavy atom. The number of allylic oxidation sites excluding steroid dienone is 8. The lowest BCUT2D eigenvalue weighted by atomic mass is 9.79. The van der Waals surface area contributed by atoms with E-state index < -0.39 is 139 Å². The van der Waals surface area contributed by atoms with Gasteiger partial charge in [-0.3, -0.25) is 33.6 Å². The normalized spacial score (nSPS) is 24.1. The minimum Gasteiger partial charge on any atom is -0.463 e. The average Bonchev–Trinajstić information content (AvgIpc) is 1.57. The number of carbonyl (C=O) groups excluding carboxylic acids is 7. The van der Waals surface area contributed by atoms with Crippen LogP contribution in [0.5, 0.6) is 0 Å². The number of ether oxygens (including phenoxy) is 10. The Labute approximate surface area is 589 Å². The van der Waals surface area contributed by atoms with Crippen molar-refractivity contribution < 1.29 is 85.5 Å². The fraction of sp³-hybridized carbons (Fsp3) is 0.556. The van der Waals surface area contributed by atoms with Crippen molar-refractivity contribution in [2.75, 3.05) is 38.3 Å². The molecule has 4 aliphatic heterocycles. The molecule has 0 saturated carbocycles. The van der Waals surface area contributed by atoms with Gasteiger partial charge in [-0.2, -0.15) is 4.58 Å². The molecule has 9 rings (SSSR count). The van der Waals surface area contributed by atoms with Crippen LogP contribution in [0, 0.1) is 35.5 Å². The number of benzene rings is 4. The van der Waals surface area contributed by atoms with Gasteiger partial charge in [0.2, 0.25) is 17.8 Å². The van der Waals surface area contributed by atoms with Crippen LogP contribution in [0.4, 0.5) is 11.4 Å². The molecule has 4 aromatic rings. The highest BCUT2D eigenvalue weighted by Crippen LogP contribution is 2.52. The van der Waals surface area contributed by atoms with E-state index in [4.69, 9.17) is 47.4 Å². The highest BCUT2D eigenvalue weighted by molar-refractivity contribution is 6.08. The third kappa shape index (κ3) is 17.1. The van der Waals surface area contributed by atoms with Crippen LogP contribution in [0.25, 0.3) is 21.5 Å². The summed E-state index contributed by atoms with van der Waals surface area (Å²) in [4.78, 5) is 97.7. The summed E-state index contributed by atoms with van der Waals surface area (Å²) in [5.41, 5.74) is 9.58. The number of anilines is 1. The number of hydrogen-bond acceptors (Lipinski definition) is 18. The minimum atomic E-state index is -2.30. The molecule has 0 amide bonds. The first-order valence-corrected chi connectivity index (χ1v) is 35.9. The molecular weight excluding hydrogens is 1270 g/mol. The summed E-state index contributed by atoms with van der Waals surface area (Å²) in [6, 6.07) is 26.1. The number of rotatable bonds is 27. The van der Waals surface area contributed by atoms with Gasteiger partial charge in [0.1, 0.15) is 33.0 Å². The first-order valence-electron chi connectivity index (χ1n) is 35.9. The molecule has 540 valence electrons. The predicted octanol–water partition coefficient (Wildman–Crippen LogP) is 14.3. The van der Waals surface area contributed by atoms with Crippen LogP contribution < -0.4 is 4.90 Å². The summed E-state index contributed by atoms with van der Waals surface area (Å²) in [6.07, 6.45) is 5.75. The van der Waals surface area contributed by atoms with E-state index in [-0.39, 0.29) is 30.3 Å². The lowest BCUT2D eigenvalue weighted by Crippen LogP contribution is -2.66. The number of fused-ring (bicyclic) bond motifs is 6. The van der Waals surface area contributed by atoms with E-state index >= 15 is 0 Å². The Hall–Kier alpha value is -8.00. The molecule has 0 aromatic heterocycles. The molecule has 100 heavy (non-hydrogen) atoms. The van der Waals surface area contributed by atoms with Crippen LogP contribution in [-0.2, 0) is 91.8 Å². The smallest absolute Gasteiger partial charge is 0.308 e. The highest BCUT2D eigenvalue weighted by atomic mass is 16.8. The quantitative estimate of drug-likeness (QED) is 0.0234. The summed E-state index contributed by atoms with van der Waals surface area (Å²) >= 11 is 0. The maximum atomic E-state index is 13.9. The van der Waals surface area contributed by atoms with Crippen molar-refractivity contribution in [1.29, 1.82) is 0 Å². The second-order valence-corrected chi connectivity index (χ2v) is 30.1. The molecule has 19 nitrogen and oxygen atoms in total. The molecule has 5 aliphatic rings. The Balaban J connectivity index is 0.926. The molecule has 2 fully saturated rings.